The second-order valence-corrected chi connectivity index (χ2v) is 7.09. The number of halogens is 2. The zero-order chi connectivity index (χ0) is 19.0. The molecule has 1 aliphatic heterocycles. The molecule has 1 saturated heterocycles. The molecule has 2 heterocycles. The van der Waals surface area contributed by atoms with Crippen LogP contribution in [0.4, 0.5) is 10.3 Å². The molecule has 1 fully saturated rings. The number of nitrogens with zero attached hydrogens (tertiary/aromatic N) is 4. The number of piperidine rings is 1. The maximum absolute atomic E-state index is 13.9. The zero-order valence-electron chi connectivity index (χ0n) is 15.6. The minimum atomic E-state index is -0.963. The van der Waals surface area contributed by atoms with Gasteiger partial charge in [0.2, 0.25) is 5.95 Å². The van der Waals surface area contributed by atoms with E-state index in [1.807, 2.05) is 48.5 Å². The number of aromatic nitrogens is 2. The number of hydrogen-bond acceptors (Lipinski definition) is 4. The van der Waals surface area contributed by atoms with Gasteiger partial charge in [0.15, 0.2) is 0 Å². The van der Waals surface area contributed by atoms with Crippen molar-refractivity contribution in [2.45, 2.75) is 31.6 Å². The number of fused-ring (bicyclic) bond motifs is 1. The first-order chi connectivity index (χ1) is 13.1. The van der Waals surface area contributed by atoms with Crippen molar-refractivity contribution in [1.82, 2.24) is 9.55 Å². The average molecular weight is 400 g/mol. The number of benzene rings is 2. The van der Waals surface area contributed by atoms with Crippen LogP contribution in [0.15, 0.2) is 48.5 Å². The lowest BCUT2D eigenvalue weighted by atomic mass is 10.0. The Kier molecular flexibility index (Phi) is 5.87. The van der Waals surface area contributed by atoms with Crippen molar-refractivity contribution in [1.29, 1.82) is 5.26 Å². The van der Waals surface area contributed by atoms with Gasteiger partial charge in [0.25, 0.3) is 0 Å². The lowest BCUT2D eigenvalue weighted by Crippen LogP contribution is -2.50. The molecule has 0 bridgehead atoms. The molecule has 0 amide bonds. The van der Waals surface area contributed by atoms with E-state index in [2.05, 4.69) is 22.5 Å². The van der Waals surface area contributed by atoms with Gasteiger partial charge in [-0.2, -0.15) is 5.26 Å². The van der Waals surface area contributed by atoms with Crippen LogP contribution in [0, 0.1) is 11.3 Å². The molecule has 146 valence electrons. The van der Waals surface area contributed by atoms with E-state index in [9.17, 15) is 4.39 Å². The number of nitriles is 1. The third kappa shape index (κ3) is 3.56. The molecule has 1 aliphatic rings. The summed E-state index contributed by atoms with van der Waals surface area (Å²) in [6.07, 6.45) is -0.551. The fraction of sp³-hybridized carbons (Fsp3) is 0.333. The van der Waals surface area contributed by atoms with Gasteiger partial charge < -0.3 is 15.2 Å². The Morgan fingerprint density at radius 2 is 1.93 bits per heavy atom. The summed E-state index contributed by atoms with van der Waals surface area (Å²) >= 11 is 0. The summed E-state index contributed by atoms with van der Waals surface area (Å²) in [5.74, 6) is 0.815. The van der Waals surface area contributed by atoms with Crippen LogP contribution in [-0.2, 0) is 0 Å². The molecule has 0 saturated carbocycles. The number of para-hydroxylation sites is 2. The van der Waals surface area contributed by atoms with Crippen molar-refractivity contribution >= 4 is 29.4 Å². The van der Waals surface area contributed by atoms with E-state index >= 15 is 0 Å². The van der Waals surface area contributed by atoms with E-state index < -0.39 is 12.2 Å². The lowest BCUT2D eigenvalue weighted by Gasteiger charge is -2.35. The van der Waals surface area contributed by atoms with Crippen LogP contribution in [0.1, 0.15) is 30.5 Å². The highest BCUT2D eigenvalue weighted by molar-refractivity contribution is 5.85. The predicted molar refractivity (Wildman–Crippen MR) is 112 cm³/mol. The molecule has 3 aromatic rings. The highest BCUT2D eigenvalue weighted by Gasteiger charge is 2.30. The van der Waals surface area contributed by atoms with Gasteiger partial charge in [-0.15, -0.1) is 12.4 Å². The van der Waals surface area contributed by atoms with Gasteiger partial charge in [0.1, 0.15) is 6.17 Å². The van der Waals surface area contributed by atoms with Gasteiger partial charge in [-0.1, -0.05) is 24.3 Å². The summed E-state index contributed by atoms with van der Waals surface area (Å²) in [4.78, 5) is 6.92. The molecule has 0 aliphatic carbocycles. The quantitative estimate of drug-likeness (QED) is 0.726. The van der Waals surface area contributed by atoms with Crippen LogP contribution < -0.4 is 10.6 Å². The largest absolute Gasteiger partial charge is 0.340 e. The number of nitrogens with two attached hydrogens (primary N) is 1. The Balaban J connectivity index is 0.00000225. The number of anilines is 1. The SMILES string of the molecule is C[C@H](c1ccc(C#N)cc1)n1c(N2CC[C@H](F)[C@H](N)C2)nc2ccccc21.Cl. The van der Waals surface area contributed by atoms with E-state index in [1.54, 1.807) is 0 Å². The van der Waals surface area contributed by atoms with Crippen molar-refractivity contribution in [3.05, 3.63) is 59.7 Å². The molecule has 1 aromatic heterocycles. The van der Waals surface area contributed by atoms with Gasteiger partial charge in [-0.05, 0) is 43.2 Å². The normalized spacial score (nSPS) is 20.4. The van der Waals surface area contributed by atoms with Gasteiger partial charge in [0.05, 0.1) is 34.7 Å². The minimum absolute atomic E-state index is 0. The lowest BCUT2D eigenvalue weighted by molar-refractivity contribution is 0.243. The number of imidazole rings is 1. The highest BCUT2D eigenvalue weighted by atomic mass is 35.5. The zero-order valence-corrected chi connectivity index (χ0v) is 16.4. The van der Waals surface area contributed by atoms with Gasteiger partial charge >= 0.3 is 0 Å². The first-order valence-electron chi connectivity index (χ1n) is 9.20. The standard InChI is InChI=1S/C21H22FN5.ClH/c1-14(16-8-6-15(12-23)7-9-16)27-20-5-3-2-4-19(20)25-21(27)26-11-10-17(22)18(24)13-26;/h2-9,14,17-18H,10-11,13,24H2,1H3;1H/t14-,17+,18-;/m1./s1. The van der Waals surface area contributed by atoms with E-state index in [-0.39, 0.29) is 18.4 Å². The van der Waals surface area contributed by atoms with Crippen LogP contribution in [0.5, 0.6) is 0 Å². The van der Waals surface area contributed by atoms with Gasteiger partial charge in [-0.3, -0.25) is 0 Å². The van der Waals surface area contributed by atoms with Crippen LogP contribution >= 0.6 is 12.4 Å². The smallest absolute Gasteiger partial charge is 0.207 e. The molecule has 7 heteroatoms. The molecule has 0 unspecified atom stereocenters. The van der Waals surface area contributed by atoms with Gasteiger partial charge in [-0.25, -0.2) is 9.37 Å². The minimum Gasteiger partial charge on any atom is -0.340 e. The number of alkyl halides is 1. The fourth-order valence-electron chi connectivity index (χ4n) is 3.76. The summed E-state index contributed by atoms with van der Waals surface area (Å²) in [6, 6.07) is 17.3. The molecule has 4 rings (SSSR count). The highest BCUT2D eigenvalue weighted by Crippen LogP contribution is 2.32. The van der Waals surface area contributed by atoms with E-state index in [0.717, 1.165) is 22.5 Å². The van der Waals surface area contributed by atoms with Crippen molar-refractivity contribution < 1.29 is 4.39 Å². The molecular formula is C21H23ClFN5. The van der Waals surface area contributed by atoms with E-state index in [0.29, 0.717) is 25.1 Å². The topological polar surface area (TPSA) is 70.9 Å². The Morgan fingerprint density at radius 3 is 2.61 bits per heavy atom. The maximum atomic E-state index is 13.9. The summed E-state index contributed by atoms with van der Waals surface area (Å²) in [7, 11) is 0. The van der Waals surface area contributed by atoms with E-state index in [1.165, 1.54) is 0 Å². The molecule has 28 heavy (non-hydrogen) atoms. The Labute approximate surface area is 170 Å². The maximum Gasteiger partial charge on any atom is 0.207 e. The molecule has 5 nitrogen and oxygen atoms in total. The Morgan fingerprint density at radius 1 is 1.21 bits per heavy atom. The predicted octanol–water partition coefficient (Wildman–Crippen LogP) is 3.81. The van der Waals surface area contributed by atoms with Gasteiger partial charge in [0, 0.05) is 13.1 Å². The van der Waals surface area contributed by atoms with Crippen molar-refractivity contribution in [3.8, 4) is 6.07 Å². The molecule has 2 aromatic carbocycles. The molecule has 0 radical (unpaired) electrons. The summed E-state index contributed by atoms with van der Waals surface area (Å²) in [5.41, 5.74) is 9.64. The molecule has 2 N–H and O–H groups in total. The molecular weight excluding hydrogens is 377 g/mol. The Hall–Kier alpha value is -2.62. The molecule has 0 spiro atoms. The van der Waals surface area contributed by atoms with E-state index in [4.69, 9.17) is 16.0 Å². The second-order valence-electron chi connectivity index (χ2n) is 7.09. The van der Waals surface area contributed by atoms with Crippen molar-refractivity contribution in [3.63, 3.8) is 0 Å². The van der Waals surface area contributed by atoms with Crippen molar-refractivity contribution in [2.24, 2.45) is 5.73 Å². The second kappa shape index (κ2) is 8.17. The van der Waals surface area contributed by atoms with Crippen LogP contribution in [0.25, 0.3) is 11.0 Å². The first-order valence-corrected chi connectivity index (χ1v) is 9.20. The fourth-order valence-corrected chi connectivity index (χ4v) is 3.76. The van der Waals surface area contributed by atoms with Crippen molar-refractivity contribution in [2.75, 3.05) is 18.0 Å². The molecule has 3 atom stereocenters. The van der Waals surface area contributed by atoms with Crippen LogP contribution in [0.3, 0.4) is 0 Å². The Bertz CT molecular complexity index is 994. The van der Waals surface area contributed by atoms with Crippen LogP contribution in [-0.4, -0.2) is 34.9 Å². The summed E-state index contributed by atoms with van der Waals surface area (Å²) < 4.78 is 16.0. The summed E-state index contributed by atoms with van der Waals surface area (Å²) in [6.45, 7) is 3.16. The monoisotopic (exact) mass is 399 g/mol. The third-order valence-corrected chi connectivity index (χ3v) is 5.34. The van der Waals surface area contributed by atoms with Crippen LogP contribution in [0.2, 0.25) is 0 Å². The first kappa shape index (κ1) is 20.1. The summed E-state index contributed by atoms with van der Waals surface area (Å²) in [5, 5.41) is 9.04. The number of rotatable bonds is 3. The average Bonchev–Trinajstić information content (AvgIpc) is 3.09. The number of hydrogen-bond donors (Lipinski definition) is 1. The third-order valence-electron chi connectivity index (χ3n) is 5.34.